The van der Waals surface area contributed by atoms with Gasteiger partial charge >= 0.3 is 0 Å². The summed E-state index contributed by atoms with van der Waals surface area (Å²) >= 11 is 0. The third kappa shape index (κ3) is 5.46. The molecule has 0 aromatic heterocycles. The second-order valence-corrected chi connectivity index (χ2v) is 17.8. The molecular formula is C64H45N. The van der Waals surface area contributed by atoms with Crippen LogP contribution in [0.4, 0.5) is 17.1 Å². The number of aryl methyl sites for hydroxylation is 2. The number of fused-ring (bicyclic) bond motifs is 12. The van der Waals surface area contributed by atoms with Gasteiger partial charge in [-0.15, -0.1) is 0 Å². The summed E-state index contributed by atoms with van der Waals surface area (Å²) in [6.45, 7) is 0. The lowest BCUT2D eigenvalue weighted by atomic mass is 9.66. The van der Waals surface area contributed by atoms with Crippen molar-refractivity contribution < 1.29 is 0 Å². The Balaban J connectivity index is 1.10. The van der Waals surface area contributed by atoms with Gasteiger partial charge in [0.2, 0.25) is 0 Å². The van der Waals surface area contributed by atoms with Gasteiger partial charge in [0.05, 0.1) is 10.8 Å². The van der Waals surface area contributed by atoms with E-state index in [9.17, 15) is 0 Å². The molecule has 10 aromatic carbocycles. The van der Waals surface area contributed by atoms with Gasteiger partial charge in [-0.25, -0.2) is 0 Å². The van der Waals surface area contributed by atoms with Crippen LogP contribution in [0, 0.1) is 0 Å². The molecule has 13 rings (SSSR count). The van der Waals surface area contributed by atoms with Crippen LogP contribution in [0.3, 0.4) is 0 Å². The van der Waals surface area contributed by atoms with Crippen molar-refractivity contribution in [3.05, 3.63) is 304 Å². The maximum atomic E-state index is 2.53. The van der Waals surface area contributed by atoms with Crippen LogP contribution in [-0.2, 0) is 23.7 Å². The summed E-state index contributed by atoms with van der Waals surface area (Å²) in [5.41, 5.74) is 23.3. The Morgan fingerprint density at radius 1 is 0.262 bits per heavy atom. The predicted molar refractivity (Wildman–Crippen MR) is 269 cm³/mol. The lowest BCUT2D eigenvalue weighted by Gasteiger charge is -2.36. The van der Waals surface area contributed by atoms with E-state index in [0.29, 0.717) is 0 Å². The van der Waals surface area contributed by atoms with Gasteiger partial charge in [-0.2, -0.15) is 0 Å². The first kappa shape index (κ1) is 37.5. The molecule has 0 atom stereocenters. The SMILES string of the molecule is c1ccc(-c2cccc(N(c3ccc4c(c3)C(c3ccccc3)(c3ccccc3)c3ccccc3-4)c3ccc4c(c3)C3(c5ccccc5CCc5ccccc53)c3ccccc3-4)c2)cc1. The van der Waals surface area contributed by atoms with Crippen molar-refractivity contribution in [2.24, 2.45) is 0 Å². The molecule has 3 aliphatic carbocycles. The normalized spacial score (nSPS) is 14.3. The molecule has 0 fully saturated rings. The van der Waals surface area contributed by atoms with Crippen LogP contribution in [0.5, 0.6) is 0 Å². The Hall–Kier alpha value is -8.00. The molecule has 0 amide bonds. The minimum atomic E-state index is -0.528. The Morgan fingerprint density at radius 2 is 0.662 bits per heavy atom. The Kier molecular flexibility index (Phi) is 8.55. The molecule has 306 valence electrons. The monoisotopic (exact) mass is 827 g/mol. The van der Waals surface area contributed by atoms with Crippen molar-refractivity contribution in [3.8, 4) is 33.4 Å². The lowest BCUT2D eigenvalue weighted by Crippen LogP contribution is -2.30. The molecule has 65 heavy (non-hydrogen) atoms. The van der Waals surface area contributed by atoms with Crippen molar-refractivity contribution in [3.63, 3.8) is 0 Å². The highest BCUT2D eigenvalue weighted by atomic mass is 15.1. The highest BCUT2D eigenvalue weighted by molar-refractivity contribution is 5.93. The van der Waals surface area contributed by atoms with Gasteiger partial charge in [0.15, 0.2) is 0 Å². The fraction of sp³-hybridized carbons (Fsp3) is 0.0625. The third-order valence-corrected chi connectivity index (χ3v) is 14.7. The first-order valence-corrected chi connectivity index (χ1v) is 23.0. The van der Waals surface area contributed by atoms with E-state index < -0.39 is 10.8 Å². The van der Waals surface area contributed by atoms with Gasteiger partial charge in [-0.3, -0.25) is 0 Å². The third-order valence-electron chi connectivity index (χ3n) is 14.7. The molecular weight excluding hydrogens is 783 g/mol. The number of rotatable bonds is 6. The molecule has 0 heterocycles. The van der Waals surface area contributed by atoms with Crippen molar-refractivity contribution in [1.29, 1.82) is 0 Å². The average molecular weight is 828 g/mol. The molecule has 0 bridgehead atoms. The summed E-state index contributed by atoms with van der Waals surface area (Å²) in [7, 11) is 0. The van der Waals surface area contributed by atoms with Gasteiger partial charge in [-0.1, -0.05) is 212 Å². The topological polar surface area (TPSA) is 3.24 Å². The molecule has 0 aliphatic heterocycles. The molecule has 10 aromatic rings. The van der Waals surface area contributed by atoms with Gasteiger partial charge < -0.3 is 4.90 Å². The molecule has 0 unspecified atom stereocenters. The van der Waals surface area contributed by atoms with Crippen molar-refractivity contribution >= 4 is 17.1 Å². The van der Waals surface area contributed by atoms with Gasteiger partial charge in [0.25, 0.3) is 0 Å². The zero-order valence-corrected chi connectivity index (χ0v) is 36.0. The molecule has 3 aliphatic rings. The standard InChI is InChI=1S/C64H45N/c1-4-19-44(20-5-1)47-23-18-28-50(41-47)65(51-37-39-55-53-29-12-16-33-59(53)63(61(55)42-51,48-24-6-2-7-25-48)49-26-8-3-9-27-49)52-38-40-56-54-30-13-17-34-60(54)64(62(56)43-52)57-31-14-10-21-45(57)35-36-46-22-11-15-32-58(46)64/h1-34,37-43H,35-36H2. The number of hydrogen-bond donors (Lipinski definition) is 0. The van der Waals surface area contributed by atoms with E-state index in [1.807, 2.05) is 0 Å². The fourth-order valence-corrected chi connectivity index (χ4v) is 12.1. The molecule has 0 saturated carbocycles. The number of anilines is 3. The molecule has 0 N–H and O–H groups in total. The largest absolute Gasteiger partial charge is 0.310 e. The van der Waals surface area contributed by atoms with E-state index in [-0.39, 0.29) is 0 Å². The maximum Gasteiger partial charge on any atom is 0.0719 e. The van der Waals surface area contributed by atoms with Crippen LogP contribution in [0.15, 0.2) is 249 Å². The second kappa shape index (κ2) is 14.8. The fourth-order valence-electron chi connectivity index (χ4n) is 12.1. The highest BCUT2D eigenvalue weighted by Crippen LogP contribution is 2.61. The summed E-state index contributed by atoms with van der Waals surface area (Å²) in [6.07, 6.45) is 2.01. The smallest absolute Gasteiger partial charge is 0.0719 e. The van der Waals surface area contributed by atoms with Crippen LogP contribution in [0.2, 0.25) is 0 Å². The van der Waals surface area contributed by atoms with Gasteiger partial charge in [0, 0.05) is 17.1 Å². The van der Waals surface area contributed by atoms with Crippen LogP contribution in [0.1, 0.15) is 55.6 Å². The molecule has 1 heteroatoms. The summed E-state index contributed by atoms with van der Waals surface area (Å²) in [5.74, 6) is 0. The van der Waals surface area contributed by atoms with Crippen molar-refractivity contribution in [2.75, 3.05) is 4.90 Å². The molecule has 1 spiro atoms. The number of hydrogen-bond acceptors (Lipinski definition) is 1. The molecule has 1 nitrogen and oxygen atoms in total. The zero-order chi connectivity index (χ0) is 43.0. The van der Waals surface area contributed by atoms with E-state index >= 15 is 0 Å². The maximum absolute atomic E-state index is 2.53. The summed E-state index contributed by atoms with van der Waals surface area (Å²) in [6, 6.07) is 93.4. The minimum Gasteiger partial charge on any atom is -0.310 e. The Bertz CT molecular complexity index is 3350. The van der Waals surface area contributed by atoms with Crippen LogP contribution >= 0.6 is 0 Å². The van der Waals surface area contributed by atoms with Gasteiger partial charge in [-0.05, 0) is 138 Å². The predicted octanol–water partition coefficient (Wildman–Crippen LogP) is 15.6. The summed E-state index contributed by atoms with van der Waals surface area (Å²) < 4.78 is 0. The lowest BCUT2D eigenvalue weighted by molar-refractivity contribution is 0.762. The van der Waals surface area contributed by atoms with Crippen molar-refractivity contribution in [2.45, 2.75) is 23.7 Å². The summed E-state index contributed by atoms with van der Waals surface area (Å²) in [4.78, 5) is 2.52. The van der Waals surface area contributed by atoms with E-state index in [1.165, 1.54) is 89.0 Å². The van der Waals surface area contributed by atoms with Crippen molar-refractivity contribution in [1.82, 2.24) is 0 Å². The van der Waals surface area contributed by atoms with E-state index in [1.54, 1.807) is 0 Å². The van der Waals surface area contributed by atoms with Crippen LogP contribution < -0.4 is 4.90 Å². The number of benzene rings is 10. The first-order chi connectivity index (χ1) is 32.2. The van der Waals surface area contributed by atoms with E-state index in [2.05, 4.69) is 254 Å². The average Bonchev–Trinajstić information content (AvgIpc) is 3.78. The summed E-state index contributed by atoms with van der Waals surface area (Å²) in [5, 5.41) is 0. The van der Waals surface area contributed by atoms with Gasteiger partial charge in [0.1, 0.15) is 0 Å². The highest BCUT2D eigenvalue weighted by Gasteiger charge is 2.50. The number of nitrogens with zero attached hydrogens (tertiary/aromatic N) is 1. The Morgan fingerprint density at radius 3 is 1.22 bits per heavy atom. The van der Waals surface area contributed by atoms with Crippen LogP contribution in [-0.4, -0.2) is 0 Å². The second-order valence-electron chi connectivity index (χ2n) is 17.8. The minimum absolute atomic E-state index is 0.488. The first-order valence-electron chi connectivity index (χ1n) is 23.0. The zero-order valence-electron chi connectivity index (χ0n) is 36.0. The quantitative estimate of drug-likeness (QED) is 0.161. The molecule has 0 saturated heterocycles. The van der Waals surface area contributed by atoms with E-state index in [0.717, 1.165) is 29.9 Å². The Labute approximate surface area is 381 Å². The molecule has 0 radical (unpaired) electrons. The van der Waals surface area contributed by atoms with E-state index in [4.69, 9.17) is 0 Å². The van der Waals surface area contributed by atoms with Crippen LogP contribution in [0.25, 0.3) is 33.4 Å².